The largest absolute Gasteiger partial charge is 0.496 e. The summed E-state index contributed by atoms with van der Waals surface area (Å²) in [4.78, 5) is 27.7. The first-order valence-electron chi connectivity index (χ1n) is 11.6. The number of carbonyl (C=O) groups is 2. The molecule has 0 radical (unpaired) electrons. The van der Waals surface area contributed by atoms with E-state index in [2.05, 4.69) is 22.5 Å². The number of anilines is 1. The number of hydrogen-bond donors (Lipinski definition) is 2. The number of nitrogens with zero attached hydrogens (tertiary/aromatic N) is 1. The van der Waals surface area contributed by atoms with Gasteiger partial charge in [-0.05, 0) is 63.1 Å². The number of methoxy groups -OCH3 is 1. The second kappa shape index (κ2) is 10.5. The Hall–Kier alpha value is -3.32. The number of likely N-dealkylation sites (tertiary alicyclic amines) is 1. The summed E-state index contributed by atoms with van der Waals surface area (Å²) < 4.78 is 11.1. The number of ether oxygens (including phenoxy) is 2. The molecule has 1 saturated heterocycles. The fraction of sp³-hybridized carbons (Fsp3) is 0.385. The molecule has 0 spiro atoms. The maximum atomic E-state index is 12.6. The van der Waals surface area contributed by atoms with E-state index < -0.39 is 0 Å². The average Bonchev–Trinajstić information content (AvgIpc) is 2.83. The smallest absolute Gasteiger partial charge is 0.291 e. The van der Waals surface area contributed by atoms with E-state index in [9.17, 15) is 9.59 Å². The highest BCUT2D eigenvalue weighted by atomic mass is 16.5. The molecule has 2 aliphatic rings. The van der Waals surface area contributed by atoms with Crippen LogP contribution in [-0.2, 0) is 4.79 Å². The van der Waals surface area contributed by atoms with Crippen LogP contribution in [-0.4, -0.2) is 49.5 Å². The third-order valence-corrected chi connectivity index (χ3v) is 6.21. The highest BCUT2D eigenvalue weighted by molar-refractivity contribution is 6.09. The van der Waals surface area contributed by atoms with Gasteiger partial charge in [0.1, 0.15) is 5.75 Å². The molecule has 1 fully saturated rings. The van der Waals surface area contributed by atoms with Crippen molar-refractivity contribution < 1.29 is 19.1 Å². The molecule has 2 aliphatic heterocycles. The van der Waals surface area contributed by atoms with Crippen LogP contribution in [0.2, 0.25) is 0 Å². The van der Waals surface area contributed by atoms with Crippen molar-refractivity contribution in [3.63, 3.8) is 0 Å². The predicted molar refractivity (Wildman–Crippen MR) is 129 cm³/mol. The van der Waals surface area contributed by atoms with E-state index in [0.717, 1.165) is 25.1 Å². The van der Waals surface area contributed by atoms with Crippen molar-refractivity contribution in [2.45, 2.75) is 38.6 Å². The number of fused-ring (bicyclic) bond motifs is 1. The zero-order valence-electron chi connectivity index (χ0n) is 19.2. The summed E-state index contributed by atoms with van der Waals surface area (Å²) in [5.41, 5.74) is 1.71. The van der Waals surface area contributed by atoms with Crippen molar-refractivity contribution in [1.82, 2.24) is 10.2 Å². The standard InChI is InChI=1S/C26H31N3O4/c1-18-8-5-6-14-29(18)15-7-13-27-25(30)20-11-12-23-21(16-20)28-26(31)24(33-23)17-19-9-3-4-10-22(19)32-2/h3-4,9-12,16-18H,5-8,13-15H2,1-2H3,(H,27,30)(H,28,31)/b24-17-. The average molecular weight is 450 g/mol. The van der Waals surface area contributed by atoms with E-state index in [-0.39, 0.29) is 17.6 Å². The maximum absolute atomic E-state index is 12.6. The summed E-state index contributed by atoms with van der Waals surface area (Å²) in [5.74, 6) is 0.771. The van der Waals surface area contributed by atoms with Crippen molar-refractivity contribution in [3.05, 3.63) is 59.4 Å². The summed E-state index contributed by atoms with van der Waals surface area (Å²) in [6, 6.07) is 13.1. The molecule has 7 heteroatoms. The molecular weight excluding hydrogens is 418 g/mol. The first-order valence-corrected chi connectivity index (χ1v) is 11.6. The summed E-state index contributed by atoms with van der Waals surface area (Å²) >= 11 is 0. The summed E-state index contributed by atoms with van der Waals surface area (Å²) in [6.45, 7) is 5.04. The molecule has 2 N–H and O–H groups in total. The topological polar surface area (TPSA) is 79.9 Å². The number of benzene rings is 2. The monoisotopic (exact) mass is 449 g/mol. The van der Waals surface area contributed by atoms with Gasteiger partial charge in [-0.3, -0.25) is 9.59 Å². The molecule has 2 amide bonds. The van der Waals surface area contributed by atoms with Crippen molar-refractivity contribution in [2.24, 2.45) is 0 Å². The van der Waals surface area contributed by atoms with Crippen LogP contribution in [0.15, 0.2) is 48.2 Å². The Balaban J connectivity index is 1.36. The number of carbonyl (C=O) groups excluding carboxylic acids is 2. The van der Waals surface area contributed by atoms with Crippen LogP contribution < -0.4 is 20.1 Å². The van der Waals surface area contributed by atoms with Crippen LogP contribution in [0, 0.1) is 0 Å². The fourth-order valence-corrected chi connectivity index (χ4v) is 4.30. The Morgan fingerprint density at radius 2 is 2.12 bits per heavy atom. The van der Waals surface area contributed by atoms with Gasteiger partial charge in [0.25, 0.3) is 11.8 Å². The number of hydrogen-bond acceptors (Lipinski definition) is 5. The number of piperidine rings is 1. The Kier molecular flexibility index (Phi) is 7.29. The molecule has 2 aromatic carbocycles. The van der Waals surface area contributed by atoms with Crippen molar-refractivity contribution in [1.29, 1.82) is 0 Å². The second-order valence-electron chi connectivity index (χ2n) is 8.51. The maximum Gasteiger partial charge on any atom is 0.291 e. The van der Waals surface area contributed by atoms with Crippen LogP contribution in [0.5, 0.6) is 11.5 Å². The van der Waals surface area contributed by atoms with Gasteiger partial charge in [0.05, 0.1) is 12.8 Å². The first kappa shape index (κ1) is 22.9. The summed E-state index contributed by atoms with van der Waals surface area (Å²) in [5, 5.41) is 5.80. The molecule has 1 atom stereocenters. The third-order valence-electron chi connectivity index (χ3n) is 6.21. The summed E-state index contributed by atoms with van der Waals surface area (Å²) in [7, 11) is 1.58. The third kappa shape index (κ3) is 5.54. The molecule has 0 aliphatic carbocycles. The van der Waals surface area contributed by atoms with Gasteiger partial charge in [0.2, 0.25) is 0 Å². The number of rotatable bonds is 7. The lowest BCUT2D eigenvalue weighted by Gasteiger charge is -2.33. The fourth-order valence-electron chi connectivity index (χ4n) is 4.30. The highest BCUT2D eigenvalue weighted by Gasteiger charge is 2.24. The van der Waals surface area contributed by atoms with Crippen LogP contribution in [0.1, 0.15) is 48.5 Å². The molecule has 33 heavy (non-hydrogen) atoms. The highest BCUT2D eigenvalue weighted by Crippen LogP contribution is 2.33. The van der Waals surface area contributed by atoms with Gasteiger partial charge in [-0.1, -0.05) is 24.6 Å². The molecule has 0 bridgehead atoms. The molecule has 174 valence electrons. The normalized spacial score (nSPS) is 19.4. The molecule has 2 aromatic rings. The summed E-state index contributed by atoms with van der Waals surface area (Å²) in [6.07, 6.45) is 6.38. The van der Waals surface area contributed by atoms with E-state index in [1.54, 1.807) is 31.4 Å². The van der Waals surface area contributed by atoms with Gasteiger partial charge in [-0.25, -0.2) is 0 Å². The van der Waals surface area contributed by atoms with E-state index >= 15 is 0 Å². The first-order chi connectivity index (χ1) is 16.0. The molecule has 0 aromatic heterocycles. The van der Waals surface area contributed by atoms with Crippen LogP contribution in [0.4, 0.5) is 5.69 Å². The number of amides is 2. The van der Waals surface area contributed by atoms with Crippen molar-refractivity contribution in [3.8, 4) is 11.5 Å². The lowest BCUT2D eigenvalue weighted by molar-refractivity contribution is -0.115. The van der Waals surface area contributed by atoms with Gasteiger partial charge in [0.15, 0.2) is 11.5 Å². The van der Waals surface area contributed by atoms with Gasteiger partial charge >= 0.3 is 0 Å². The molecular formula is C26H31N3O4. The van der Waals surface area contributed by atoms with E-state index in [0.29, 0.717) is 35.3 Å². The molecule has 0 saturated carbocycles. The minimum absolute atomic E-state index is 0.158. The quantitative estimate of drug-likeness (QED) is 0.492. The zero-order chi connectivity index (χ0) is 23.2. The lowest BCUT2D eigenvalue weighted by Crippen LogP contribution is -2.39. The molecule has 7 nitrogen and oxygen atoms in total. The Labute approximate surface area is 194 Å². The number of para-hydroxylation sites is 1. The minimum atomic E-state index is -0.374. The lowest BCUT2D eigenvalue weighted by atomic mass is 10.0. The number of nitrogens with one attached hydrogen (secondary N) is 2. The van der Waals surface area contributed by atoms with E-state index in [4.69, 9.17) is 9.47 Å². The zero-order valence-corrected chi connectivity index (χ0v) is 19.2. The van der Waals surface area contributed by atoms with Gasteiger partial charge in [-0.2, -0.15) is 0 Å². The van der Waals surface area contributed by atoms with Gasteiger partial charge in [0, 0.05) is 30.3 Å². The van der Waals surface area contributed by atoms with Gasteiger partial charge in [-0.15, -0.1) is 0 Å². The second-order valence-corrected chi connectivity index (χ2v) is 8.51. The SMILES string of the molecule is COc1ccccc1/C=C1\Oc2ccc(C(=O)NCCCN3CCCCC3C)cc2NC1=O. The minimum Gasteiger partial charge on any atom is -0.496 e. The van der Waals surface area contributed by atoms with E-state index in [1.165, 1.54) is 19.3 Å². The van der Waals surface area contributed by atoms with Crippen LogP contribution in [0.3, 0.4) is 0 Å². The molecule has 4 rings (SSSR count). The van der Waals surface area contributed by atoms with Gasteiger partial charge < -0.3 is 25.0 Å². The van der Waals surface area contributed by atoms with Crippen LogP contribution >= 0.6 is 0 Å². The van der Waals surface area contributed by atoms with E-state index in [1.807, 2.05) is 24.3 Å². The molecule has 2 heterocycles. The van der Waals surface area contributed by atoms with Crippen LogP contribution in [0.25, 0.3) is 6.08 Å². The van der Waals surface area contributed by atoms with Crippen molar-refractivity contribution in [2.75, 3.05) is 32.1 Å². The van der Waals surface area contributed by atoms with Crippen molar-refractivity contribution >= 4 is 23.6 Å². The predicted octanol–water partition coefficient (Wildman–Crippen LogP) is 4.06. The Morgan fingerprint density at radius 3 is 2.94 bits per heavy atom. The molecule has 1 unspecified atom stereocenters. The Morgan fingerprint density at radius 1 is 1.27 bits per heavy atom. The Bertz CT molecular complexity index is 1050.